The van der Waals surface area contributed by atoms with E-state index in [1.54, 1.807) is 36.5 Å². The van der Waals surface area contributed by atoms with Crippen LogP contribution in [0.25, 0.3) is 0 Å². The second kappa shape index (κ2) is 13.1. The third kappa shape index (κ3) is 6.86. The molecular weight excluding hydrogens is 425 g/mol. The van der Waals surface area contributed by atoms with Crippen molar-refractivity contribution in [2.24, 2.45) is 5.73 Å². The number of amides is 2. The smallest absolute Gasteiger partial charge is 0.257 e. The molecule has 1 aliphatic heterocycles. The molecule has 0 aliphatic carbocycles. The Morgan fingerprint density at radius 3 is 2.30 bits per heavy atom. The number of nitrogens with two attached hydrogens (primary N) is 1. The molecule has 2 amide bonds. The third-order valence-electron chi connectivity index (χ3n) is 4.79. The number of para-hydroxylation sites is 1. The Bertz CT molecular complexity index is 809. The minimum atomic E-state index is -0.297. The fraction of sp³-hybridized carbons (Fsp3) is 0.381. The molecule has 0 bridgehead atoms. The van der Waals surface area contributed by atoms with E-state index in [1.165, 1.54) is 25.7 Å². The second-order valence-corrected chi connectivity index (χ2v) is 6.85. The van der Waals surface area contributed by atoms with Crippen LogP contribution in [0.2, 0.25) is 0 Å². The number of anilines is 2. The number of nitrogens with zero attached hydrogens (tertiary/aromatic N) is 2. The van der Waals surface area contributed by atoms with Crippen LogP contribution in [0.5, 0.6) is 0 Å². The van der Waals surface area contributed by atoms with Gasteiger partial charge < -0.3 is 21.3 Å². The van der Waals surface area contributed by atoms with Gasteiger partial charge in [-0.3, -0.25) is 9.59 Å². The predicted molar refractivity (Wildman–Crippen MR) is 125 cm³/mol. The van der Waals surface area contributed by atoms with Gasteiger partial charge in [0.25, 0.3) is 11.8 Å². The molecule has 1 fully saturated rings. The molecule has 1 aliphatic rings. The highest BCUT2D eigenvalue weighted by molar-refractivity contribution is 6.08. The van der Waals surface area contributed by atoms with E-state index in [0.29, 0.717) is 29.9 Å². The van der Waals surface area contributed by atoms with Gasteiger partial charge in [0.15, 0.2) is 0 Å². The molecule has 9 heteroatoms. The zero-order valence-corrected chi connectivity index (χ0v) is 18.4. The summed E-state index contributed by atoms with van der Waals surface area (Å²) in [7, 11) is 0. The molecule has 0 radical (unpaired) electrons. The van der Waals surface area contributed by atoms with Crippen LogP contribution in [-0.2, 0) is 0 Å². The lowest BCUT2D eigenvalue weighted by molar-refractivity contribution is 0.0955. The first-order valence-corrected chi connectivity index (χ1v) is 9.78. The Kier molecular flexibility index (Phi) is 11.2. The van der Waals surface area contributed by atoms with Crippen LogP contribution in [0.3, 0.4) is 0 Å². The van der Waals surface area contributed by atoms with Gasteiger partial charge in [-0.05, 0) is 37.1 Å². The van der Waals surface area contributed by atoms with Gasteiger partial charge in [0.05, 0.1) is 16.8 Å². The molecular formula is C21H29Cl2N5O2. The van der Waals surface area contributed by atoms with Gasteiger partial charge >= 0.3 is 0 Å². The fourth-order valence-corrected chi connectivity index (χ4v) is 3.27. The van der Waals surface area contributed by atoms with Crippen LogP contribution in [0.1, 0.15) is 46.4 Å². The maximum Gasteiger partial charge on any atom is 0.257 e. The molecule has 0 saturated carbocycles. The molecule has 164 valence electrons. The summed E-state index contributed by atoms with van der Waals surface area (Å²) in [4.78, 5) is 31.6. The number of hydrogen-bond donors (Lipinski definition) is 3. The van der Waals surface area contributed by atoms with E-state index in [-0.39, 0.29) is 36.6 Å². The number of nitrogens with one attached hydrogen (secondary N) is 2. The van der Waals surface area contributed by atoms with Gasteiger partial charge in [-0.15, -0.1) is 24.8 Å². The maximum atomic E-state index is 12.6. The first kappa shape index (κ1) is 25.7. The highest BCUT2D eigenvalue weighted by Gasteiger charge is 2.15. The number of hydrogen-bond acceptors (Lipinski definition) is 5. The molecule has 0 spiro atoms. The fourth-order valence-electron chi connectivity index (χ4n) is 3.27. The molecule has 1 aromatic heterocycles. The van der Waals surface area contributed by atoms with Crippen molar-refractivity contribution >= 4 is 48.1 Å². The summed E-state index contributed by atoms with van der Waals surface area (Å²) < 4.78 is 0. The third-order valence-corrected chi connectivity index (χ3v) is 4.79. The summed E-state index contributed by atoms with van der Waals surface area (Å²) in [6.07, 6.45) is 6.46. The van der Waals surface area contributed by atoms with Crippen LogP contribution >= 0.6 is 24.8 Å². The number of pyridine rings is 1. The van der Waals surface area contributed by atoms with Crippen LogP contribution in [0, 0.1) is 0 Å². The Labute approximate surface area is 189 Å². The maximum absolute atomic E-state index is 12.6. The Balaban J connectivity index is 0.00000225. The number of aromatic nitrogens is 1. The SMILES string of the molecule is Cl.Cl.NCCNC(=O)c1ccccc1NC(=O)c1ccc(N2CCCCCC2)nc1. The van der Waals surface area contributed by atoms with Crippen molar-refractivity contribution in [2.45, 2.75) is 25.7 Å². The summed E-state index contributed by atoms with van der Waals surface area (Å²) in [6, 6.07) is 10.6. The topological polar surface area (TPSA) is 100 Å². The summed E-state index contributed by atoms with van der Waals surface area (Å²) in [6.45, 7) is 2.74. The van der Waals surface area contributed by atoms with Gasteiger partial charge in [-0.1, -0.05) is 25.0 Å². The standard InChI is InChI=1S/C21H27N5O2.2ClH/c22-11-12-23-21(28)17-7-3-4-8-18(17)25-20(27)16-9-10-19(24-15-16)26-13-5-1-2-6-14-26;;/h3-4,7-10,15H,1-2,5-6,11-14,22H2,(H,23,28)(H,25,27);2*1H. The number of benzene rings is 1. The van der Waals surface area contributed by atoms with E-state index in [0.717, 1.165) is 18.9 Å². The number of rotatable bonds is 6. The van der Waals surface area contributed by atoms with Gasteiger partial charge in [-0.25, -0.2) is 4.98 Å². The first-order chi connectivity index (χ1) is 13.7. The Hall–Kier alpha value is -2.35. The average molecular weight is 454 g/mol. The molecule has 7 nitrogen and oxygen atoms in total. The van der Waals surface area contributed by atoms with Gasteiger partial charge in [0, 0.05) is 32.4 Å². The molecule has 0 unspecified atom stereocenters. The molecule has 4 N–H and O–H groups in total. The summed E-state index contributed by atoms with van der Waals surface area (Å²) >= 11 is 0. The van der Waals surface area contributed by atoms with Crippen molar-refractivity contribution in [3.05, 3.63) is 53.7 Å². The van der Waals surface area contributed by atoms with E-state index in [9.17, 15) is 9.59 Å². The normalized spacial score (nSPS) is 13.3. The van der Waals surface area contributed by atoms with Gasteiger partial charge in [0.1, 0.15) is 5.82 Å². The summed E-state index contributed by atoms with van der Waals surface area (Å²) in [5, 5.41) is 5.53. The zero-order chi connectivity index (χ0) is 19.8. The van der Waals surface area contributed by atoms with Gasteiger partial charge in [0.2, 0.25) is 0 Å². The van der Waals surface area contributed by atoms with Crippen LogP contribution in [-0.4, -0.2) is 43.0 Å². The molecule has 1 saturated heterocycles. The zero-order valence-electron chi connectivity index (χ0n) is 16.8. The molecule has 30 heavy (non-hydrogen) atoms. The van der Waals surface area contributed by atoms with Crippen LogP contribution in [0.4, 0.5) is 11.5 Å². The minimum absolute atomic E-state index is 0. The van der Waals surface area contributed by atoms with Crippen molar-refractivity contribution in [3.63, 3.8) is 0 Å². The number of carbonyl (C=O) groups excluding carboxylic acids is 2. The van der Waals surface area contributed by atoms with E-state index in [4.69, 9.17) is 5.73 Å². The van der Waals surface area contributed by atoms with E-state index in [1.807, 2.05) is 6.07 Å². The molecule has 0 atom stereocenters. The van der Waals surface area contributed by atoms with Crippen molar-refractivity contribution in [1.29, 1.82) is 0 Å². The van der Waals surface area contributed by atoms with Crippen LogP contribution < -0.4 is 21.3 Å². The van der Waals surface area contributed by atoms with Crippen LogP contribution in [0.15, 0.2) is 42.6 Å². The minimum Gasteiger partial charge on any atom is -0.357 e. The highest BCUT2D eigenvalue weighted by atomic mass is 35.5. The lowest BCUT2D eigenvalue weighted by Gasteiger charge is -2.21. The molecule has 1 aromatic carbocycles. The van der Waals surface area contributed by atoms with E-state index >= 15 is 0 Å². The Morgan fingerprint density at radius 2 is 1.67 bits per heavy atom. The van der Waals surface area contributed by atoms with Crippen molar-refractivity contribution in [2.75, 3.05) is 36.4 Å². The van der Waals surface area contributed by atoms with Crippen molar-refractivity contribution in [3.8, 4) is 0 Å². The number of halogens is 2. The van der Waals surface area contributed by atoms with E-state index in [2.05, 4.69) is 20.5 Å². The summed E-state index contributed by atoms with van der Waals surface area (Å²) in [5.41, 5.74) is 6.74. The van der Waals surface area contributed by atoms with Gasteiger partial charge in [-0.2, -0.15) is 0 Å². The second-order valence-electron chi connectivity index (χ2n) is 6.85. The number of carbonyl (C=O) groups is 2. The lowest BCUT2D eigenvalue weighted by atomic mass is 10.1. The molecule has 3 rings (SSSR count). The first-order valence-electron chi connectivity index (χ1n) is 9.78. The monoisotopic (exact) mass is 453 g/mol. The summed E-state index contributed by atoms with van der Waals surface area (Å²) in [5.74, 6) is 0.338. The average Bonchev–Trinajstić information content (AvgIpc) is 3.02. The molecule has 2 aromatic rings. The van der Waals surface area contributed by atoms with Crippen molar-refractivity contribution < 1.29 is 9.59 Å². The molecule has 2 heterocycles. The lowest BCUT2D eigenvalue weighted by Crippen LogP contribution is -2.30. The highest BCUT2D eigenvalue weighted by Crippen LogP contribution is 2.19. The van der Waals surface area contributed by atoms with Crippen molar-refractivity contribution in [1.82, 2.24) is 10.3 Å². The predicted octanol–water partition coefficient (Wildman–Crippen LogP) is 3.25. The van der Waals surface area contributed by atoms with E-state index < -0.39 is 0 Å². The Morgan fingerprint density at radius 1 is 0.967 bits per heavy atom. The quantitative estimate of drug-likeness (QED) is 0.622. The largest absolute Gasteiger partial charge is 0.357 e.